The van der Waals surface area contributed by atoms with Crippen molar-refractivity contribution in [2.45, 2.75) is 71.3 Å². The molecule has 0 aliphatic rings. The second-order valence-electron chi connectivity index (χ2n) is 4.69. The third-order valence-corrected chi connectivity index (χ3v) is 3.45. The van der Waals surface area contributed by atoms with Crippen molar-refractivity contribution in [1.82, 2.24) is 5.32 Å². The smallest absolute Gasteiger partial charge is 0.0240 e. The van der Waals surface area contributed by atoms with Crippen LogP contribution >= 0.6 is 11.6 Å². The number of alkyl halides is 1. The van der Waals surface area contributed by atoms with Crippen LogP contribution in [-0.2, 0) is 0 Å². The molecule has 0 bridgehead atoms. The molecule has 15 heavy (non-hydrogen) atoms. The Morgan fingerprint density at radius 3 is 2.27 bits per heavy atom. The fourth-order valence-corrected chi connectivity index (χ4v) is 2.13. The molecule has 0 aliphatic heterocycles. The van der Waals surface area contributed by atoms with Gasteiger partial charge in [0.1, 0.15) is 0 Å². The van der Waals surface area contributed by atoms with Crippen LogP contribution in [0.4, 0.5) is 0 Å². The normalized spacial score (nSPS) is 15.2. The molecule has 0 aliphatic carbocycles. The first kappa shape index (κ1) is 15.2. The van der Waals surface area contributed by atoms with Crippen LogP contribution in [0.3, 0.4) is 0 Å². The van der Waals surface area contributed by atoms with Gasteiger partial charge in [0.2, 0.25) is 0 Å². The Morgan fingerprint density at radius 1 is 1.07 bits per heavy atom. The fraction of sp³-hybridized carbons (Fsp3) is 1.00. The molecule has 2 heteroatoms. The number of unbranched alkanes of at least 4 members (excludes halogenated alkanes) is 4. The van der Waals surface area contributed by atoms with Crippen LogP contribution in [0.1, 0.15) is 65.7 Å². The third kappa shape index (κ3) is 8.10. The van der Waals surface area contributed by atoms with E-state index in [0.717, 1.165) is 25.3 Å². The second-order valence-corrected chi connectivity index (χ2v) is 5.07. The second kappa shape index (κ2) is 9.47. The van der Waals surface area contributed by atoms with Gasteiger partial charge in [0, 0.05) is 11.4 Å². The van der Waals surface area contributed by atoms with E-state index in [1.54, 1.807) is 0 Å². The van der Waals surface area contributed by atoms with Crippen LogP contribution in [-0.4, -0.2) is 18.0 Å². The lowest BCUT2D eigenvalue weighted by atomic mass is 9.95. The summed E-state index contributed by atoms with van der Waals surface area (Å²) < 4.78 is 0. The zero-order valence-electron chi connectivity index (χ0n) is 10.7. The largest absolute Gasteiger partial charge is 0.311 e. The van der Waals surface area contributed by atoms with Crippen LogP contribution < -0.4 is 5.32 Å². The van der Waals surface area contributed by atoms with Gasteiger partial charge in [-0.2, -0.15) is 0 Å². The molecule has 0 aromatic rings. The van der Waals surface area contributed by atoms with E-state index >= 15 is 0 Å². The van der Waals surface area contributed by atoms with Crippen molar-refractivity contribution in [3.8, 4) is 0 Å². The van der Waals surface area contributed by atoms with Crippen molar-refractivity contribution >= 4 is 11.6 Å². The lowest BCUT2D eigenvalue weighted by Crippen LogP contribution is -2.42. The average Bonchev–Trinajstić information content (AvgIpc) is 2.24. The molecule has 1 unspecified atom stereocenters. The van der Waals surface area contributed by atoms with E-state index in [4.69, 9.17) is 11.6 Å². The van der Waals surface area contributed by atoms with E-state index in [1.807, 2.05) is 0 Å². The van der Waals surface area contributed by atoms with Crippen LogP contribution in [0, 0.1) is 0 Å². The van der Waals surface area contributed by atoms with Crippen molar-refractivity contribution in [2.24, 2.45) is 0 Å². The SMILES string of the molecule is CCCCCCCNC(C)(CC)CCCl. The summed E-state index contributed by atoms with van der Waals surface area (Å²) in [6, 6.07) is 0. The Bertz CT molecular complexity index is 138. The quantitative estimate of drug-likeness (QED) is 0.437. The van der Waals surface area contributed by atoms with E-state index in [1.165, 1.54) is 32.1 Å². The third-order valence-electron chi connectivity index (χ3n) is 3.26. The van der Waals surface area contributed by atoms with Crippen molar-refractivity contribution in [1.29, 1.82) is 0 Å². The number of hydrogen-bond acceptors (Lipinski definition) is 1. The minimum absolute atomic E-state index is 0.256. The highest BCUT2D eigenvalue weighted by molar-refractivity contribution is 6.17. The van der Waals surface area contributed by atoms with Gasteiger partial charge in [-0.05, 0) is 32.7 Å². The maximum absolute atomic E-state index is 5.81. The average molecular weight is 234 g/mol. The molecule has 0 saturated heterocycles. The van der Waals surface area contributed by atoms with Crippen molar-refractivity contribution in [3.63, 3.8) is 0 Å². The summed E-state index contributed by atoms with van der Waals surface area (Å²) in [5.74, 6) is 0.757. The van der Waals surface area contributed by atoms with Gasteiger partial charge in [-0.25, -0.2) is 0 Å². The zero-order valence-corrected chi connectivity index (χ0v) is 11.5. The summed E-state index contributed by atoms with van der Waals surface area (Å²) in [5.41, 5.74) is 0.256. The summed E-state index contributed by atoms with van der Waals surface area (Å²) in [4.78, 5) is 0. The first-order chi connectivity index (χ1) is 7.18. The number of rotatable bonds is 10. The molecule has 0 fully saturated rings. The van der Waals surface area contributed by atoms with E-state index in [0.29, 0.717) is 0 Å². The summed E-state index contributed by atoms with van der Waals surface area (Å²) >= 11 is 5.81. The van der Waals surface area contributed by atoms with E-state index in [9.17, 15) is 0 Å². The zero-order chi connectivity index (χ0) is 11.6. The Kier molecular flexibility index (Phi) is 9.63. The summed E-state index contributed by atoms with van der Waals surface area (Å²) in [6.45, 7) is 7.91. The van der Waals surface area contributed by atoms with Gasteiger partial charge in [0.05, 0.1) is 0 Å². The van der Waals surface area contributed by atoms with Gasteiger partial charge >= 0.3 is 0 Å². The first-order valence-corrected chi connectivity index (χ1v) is 7.03. The van der Waals surface area contributed by atoms with Crippen molar-refractivity contribution < 1.29 is 0 Å². The summed E-state index contributed by atoms with van der Waals surface area (Å²) in [7, 11) is 0. The number of halogens is 1. The molecular weight excluding hydrogens is 206 g/mol. The highest BCUT2D eigenvalue weighted by Crippen LogP contribution is 2.15. The van der Waals surface area contributed by atoms with Gasteiger partial charge in [-0.15, -0.1) is 11.6 Å². The fourth-order valence-electron chi connectivity index (χ4n) is 1.72. The molecule has 0 heterocycles. The van der Waals surface area contributed by atoms with Crippen LogP contribution in [0.25, 0.3) is 0 Å². The van der Waals surface area contributed by atoms with Crippen LogP contribution in [0.15, 0.2) is 0 Å². The number of hydrogen-bond donors (Lipinski definition) is 1. The molecule has 0 aromatic heterocycles. The highest BCUT2D eigenvalue weighted by Gasteiger charge is 2.19. The summed E-state index contributed by atoms with van der Waals surface area (Å²) in [6.07, 6.45) is 8.99. The van der Waals surface area contributed by atoms with E-state index in [2.05, 4.69) is 26.1 Å². The van der Waals surface area contributed by atoms with E-state index < -0.39 is 0 Å². The molecule has 1 N–H and O–H groups in total. The lowest BCUT2D eigenvalue weighted by Gasteiger charge is -2.29. The molecule has 0 rings (SSSR count). The maximum atomic E-state index is 5.81. The van der Waals surface area contributed by atoms with Crippen molar-refractivity contribution in [3.05, 3.63) is 0 Å². The van der Waals surface area contributed by atoms with Gasteiger partial charge in [0.15, 0.2) is 0 Å². The maximum Gasteiger partial charge on any atom is 0.0240 e. The molecule has 0 aromatic carbocycles. The highest BCUT2D eigenvalue weighted by atomic mass is 35.5. The molecular formula is C13H28ClN. The minimum atomic E-state index is 0.256. The summed E-state index contributed by atoms with van der Waals surface area (Å²) in [5, 5.41) is 3.64. The Balaban J connectivity index is 3.46. The van der Waals surface area contributed by atoms with Gasteiger partial charge in [-0.1, -0.05) is 39.5 Å². The van der Waals surface area contributed by atoms with Gasteiger partial charge < -0.3 is 5.32 Å². The predicted molar refractivity (Wildman–Crippen MR) is 70.8 cm³/mol. The molecule has 92 valence electrons. The van der Waals surface area contributed by atoms with Crippen LogP contribution in [0.2, 0.25) is 0 Å². The molecule has 0 spiro atoms. The molecule has 0 radical (unpaired) electrons. The Morgan fingerprint density at radius 2 is 1.73 bits per heavy atom. The predicted octanol–water partition coefficient (Wildman–Crippen LogP) is 4.34. The van der Waals surface area contributed by atoms with Gasteiger partial charge in [0.25, 0.3) is 0 Å². The Labute approximate surface area is 101 Å². The first-order valence-electron chi connectivity index (χ1n) is 6.49. The molecule has 0 saturated carbocycles. The number of nitrogens with one attached hydrogen (secondary N) is 1. The van der Waals surface area contributed by atoms with Gasteiger partial charge in [-0.3, -0.25) is 0 Å². The topological polar surface area (TPSA) is 12.0 Å². The molecule has 1 atom stereocenters. The standard InChI is InChI=1S/C13H28ClN/c1-4-6-7-8-9-12-15-13(3,5-2)10-11-14/h15H,4-12H2,1-3H3. The minimum Gasteiger partial charge on any atom is -0.311 e. The van der Waals surface area contributed by atoms with E-state index in [-0.39, 0.29) is 5.54 Å². The van der Waals surface area contributed by atoms with Crippen LogP contribution in [0.5, 0.6) is 0 Å². The monoisotopic (exact) mass is 233 g/mol. The Hall–Kier alpha value is 0.250. The van der Waals surface area contributed by atoms with Crippen molar-refractivity contribution in [2.75, 3.05) is 12.4 Å². The lowest BCUT2D eigenvalue weighted by molar-refractivity contribution is 0.329. The molecule has 0 amide bonds. The molecule has 1 nitrogen and oxygen atoms in total.